The van der Waals surface area contributed by atoms with Crippen molar-refractivity contribution in [1.82, 2.24) is 10.3 Å². The number of aliphatic imine (C=N–C) groups is 1. The van der Waals surface area contributed by atoms with E-state index in [0.29, 0.717) is 22.3 Å². The van der Waals surface area contributed by atoms with Crippen LogP contribution in [0.5, 0.6) is 5.75 Å². The molecule has 1 aliphatic rings. The Bertz CT molecular complexity index is 1130. The molecule has 2 N–H and O–H groups in total. The van der Waals surface area contributed by atoms with Gasteiger partial charge in [0.05, 0.1) is 32.2 Å². The molecule has 0 spiro atoms. The molecule has 4 rings (SSSR count). The number of benzene rings is 2. The van der Waals surface area contributed by atoms with E-state index in [1.165, 1.54) is 23.1 Å². The van der Waals surface area contributed by atoms with E-state index in [2.05, 4.69) is 47.2 Å². The first-order chi connectivity index (χ1) is 15.0. The molecule has 1 saturated heterocycles. The second kappa shape index (κ2) is 10.4. The minimum absolute atomic E-state index is 0.00923. The number of hydrogen-bond acceptors (Lipinski definition) is 7. The molecule has 10 heteroatoms. The van der Waals surface area contributed by atoms with Gasteiger partial charge < -0.3 is 15.2 Å². The fourth-order valence-electron chi connectivity index (χ4n) is 3.07. The van der Waals surface area contributed by atoms with Crippen LogP contribution < -0.4 is 5.32 Å². The highest BCUT2D eigenvalue weighted by molar-refractivity contribution is 9.11. The Morgan fingerprint density at radius 3 is 3.06 bits per heavy atom. The van der Waals surface area contributed by atoms with E-state index >= 15 is 0 Å². The number of nitrogens with one attached hydrogen (secondary N) is 1. The van der Waals surface area contributed by atoms with Gasteiger partial charge in [0.2, 0.25) is 5.91 Å². The Balaban J connectivity index is 1.38. The van der Waals surface area contributed by atoms with Crippen molar-refractivity contribution in [2.75, 3.05) is 18.9 Å². The van der Waals surface area contributed by atoms with Gasteiger partial charge in [-0.05, 0) is 59.1 Å². The number of hydrogen-bond donors (Lipinski definition) is 2. The fraction of sp³-hybridized carbons (Fsp3) is 0.286. The molecule has 2 aromatic carbocycles. The number of carbonyl (C=O) groups excluding carboxylic acids is 1. The number of aromatic nitrogens is 1. The Hall–Kier alpha value is -1.46. The van der Waals surface area contributed by atoms with Gasteiger partial charge in [-0.1, -0.05) is 27.7 Å². The summed E-state index contributed by atoms with van der Waals surface area (Å²) in [7, 11) is 0. The van der Waals surface area contributed by atoms with E-state index in [0.717, 1.165) is 44.2 Å². The number of nitrogens with zero attached hydrogens (tertiary/aromatic N) is 2. The third-order valence-electron chi connectivity index (χ3n) is 4.64. The van der Waals surface area contributed by atoms with Crippen molar-refractivity contribution >= 4 is 83.0 Å². The third kappa shape index (κ3) is 6.07. The topological polar surface area (TPSA) is 83.8 Å². The van der Waals surface area contributed by atoms with Crippen LogP contribution in [0.15, 0.2) is 48.6 Å². The van der Waals surface area contributed by atoms with Gasteiger partial charge in [0.15, 0.2) is 4.34 Å². The third-order valence-corrected chi connectivity index (χ3v) is 7.86. The molecule has 31 heavy (non-hydrogen) atoms. The zero-order valence-corrected chi connectivity index (χ0v) is 21.1. The van der Waals surface area contributed by atoms with Crippen molar-refractivity contribution in [2.45, 2.75) is 23.3 Å². The first-order valence-electron chi connectivity index (χ1n) is 9.62. The second-order valence-corrected chi connectivity index (χ2v) is 11.0. The molecule has 162 valence electrons. The molecule has 3 aromatic rings. The molecule has 0 unspecified atom stereocenters. The number of thioether (sulfide) groups is 1. The fourth-order valence-corrected chi connectivity index (χ4v) is 6.26. The number of aromatic hydroxyl groups is 1. The smallest absolute Gasteiger partial charge is 0.230 e. The number of rotatable bonds is 7. The van der Waals surface area contributed by atoms with E-state index in [1.54, 1.807) is 18.3 Å². The highest BCUT2D eigenvalue weighted by Crippen LogP contribution is 2.33. The highest BCUT2D eigenvalue weighted by Gasteiger charge is 2.16. The molecule has 1 aromatic heterocycles. The minimum Gasteiger partial charge on any atom is -0.506 e. The van der Waals surface area contributed by atoms with Crippen molar-refractivity contribution in [3.63, 3.8) is 0 Å². The van der Waals surface area contributed by atoms with Crippen LogP contribution in [0.2, 0.25) is 0 Å². The minimum atomic E-state index is -0.00923. The summed E-state index contributed by atoms with van der Waals surface area (Å²) in [5, 5.41) is 13.1. The van der Waals surface area contributed by atoms with Gasteiger partial charge in [0.1, 0.15) is 5.75 Å². The summed E-state index contributed by atoms with van der Waals surface area (Å²) in [4.78, 5) is 21.2. The monoisotopic (exact) mass is 583 g/mol. The number of phenolic OH excluding ortho intramolecular Hbond substituents is 1. The maximum Gasteiger partial charge on any atom is 0.230 e. The van der Waals surface area contributed by atoms with Gasteiger partial charge in [-0.15, -0.1) is 11.3 Å². The van der Waals surface area contributed by atoms with E-state index in [-0.39, 0.29) is 17.8 Å². The summed E-state index contributed by atoms with van der Waals surface area (Å²) in [6.07, 6.45) is 3.85. The highest BCUT2D eigenvalue weighted by atomic mass is 79.9. The Labute approximate surface area is 204 Å². The first kappa shape index (κ1) is 22.7. The van der Waals surface area contributed by atoms with Crippen LogP contribution in [-0.4, -0.2) is 47.2 Å². The molecule has 0 aliphatic carbocycles. The summed E-state index contributed by atoms with van der Waals surface area (Å²) < 4.78 is 8.81. The zero-order valence-electron chi connectivity index (χ0n) is 16.3. The van der Waals surface area contributed by atoms with Crippen molar-refractivity contribution in [3.8, 4) is 5.75 Å². The maximum atomic E-state index is 12.1. The molecule has 0 bridgehead atoms. The molecule has 0 saturated carbocycles. The summed E-state index contributed by atoms with van der Waals surface area (Å²) in [5.74, 6) is 0.460. The number of ether oxygens (including phenoxy) is 1. The van der Waals surface area contributed by atoms with Gasteiger partial charge in [-0.25, -0.2) is 4.98 Å². The largest absolute Gasteiger partial charge is 0.506 e. The molecular formula is C21H19Br2N3O3S2. The van der Waals surface area contributed by atoms with Gasteiger partial charge >= 0.3 is 0 Å². The molecule has 2 heterocycles. The number of fused-ring (bicyclic) bond motifs is 1. The Kier molecular flexibility index (Phi) is 7.65. The molecule has 0 radical (unpaired) electrons. The summed E-state index contributed by atoms with van der Waals surface area (Å²) in [6, 6.07) is 9.32. The van der Waals surface area contributed by atoms with Crippen LogP contribution >= 0.6 is 55.0 Å². The van der Waals surface area contributed by atoms with E-state index in [1.807, 2.05) is 18.2 Å². The molecule has 1 atom stereocenters. The average molecular weight is 585 g/mol. The van der Waals surface area contributed by atoms with E-state index < -0.39 is 0 Å². The second-order valence-electron chi connectivity index (χ2n) is 6.94. The molecule has 1 aliphatic heterocycles. The predicted octanol–water partition coefficient (Wildman–Crippen LogP) is 5.66. The average Bonchev–Trinajstić information content (AvgIpc) is 3.41. The lowest BCUT2D eigenvalue weighted by atomic mass is 10.2. The number of halogens is 2. The number of thiazole rings is 1. The first-order valence-corrected chi connectivity index (χ1v) is 13.0. The number of carbonyl (C=O) groups is 1. The lowest BCUT2D eigenvalue weighted by Gasteiger charge is -2.09. The van der Waals surface area contributed by atoms with Crippen LogP contribution in [0.1, 0.15) is 18.4 Å². The van der Waals surface area contributed by atoms with Crippen molar-refractivity contribution < 1.29 is 14.6 Å². The van der Waals surface area contributed by atoms with Gasteiger partial charge in [0, 0.05) is 29.4 Å². The Morgan fingerprint density at radius 2 is 2.26 bits per heavy atom. The van der Waals surface area contributed by atoms with E-state index in [9.17, 15) is 9.90 Å². The maximum absolute atomic E-state index is 12.1. The quantitative estimate of drug-likeness (QED) is 0.276. The summed E-state index contributed by atoms with van der Waals surface area (Å²) in [5.41, 5.74) is 2.24. The number of amides is 1. The SMILES string of the molecule is O=C(CSc1nc2ccc(N=Cc3cc(Br)cc(Br)c3O)cc2s1)NC[C@H]1CCCO1. The van der Waals surface area contributed by atoms with Crippen LogP contribution in [0.25, 0.3) is 10.2 Å². The van der Waals surface area contributed by atoms with Crippen LogP contribution in [0.3, 0.4) is 0 Å². The van der Waals surface area contributed by atoms with Gasteiger partial charge in [-0.3, -0.25) is 9.79 Å². The van der Waals surface area contributed by atoms with Crippen molar-refractivity contribution in [3.05, 3.63) is 44.8 Å². The van der Waals surface area contributed by atoms with Crippen LogP contribution in [-0.2, 0) is 9.53 Å². The van der Waals surface area contributed by atoms with Crippen molar-refractivity contribution in [2.24, 2.45) is 4.99 Å². The standard InChI is InChI=1S/C21H19Br2N3O3S2/c22-13-6-12(20(28)16(23)7-13)9-24-14-3-4-17-18(8-14)31-21(26-17)30-11-19(27)25-10-15-2-1-5-29-15/h3-4,6-9,15,28H,1-2,5,10-11H2,(H,25,27)/t15-/m1/s1. The van der Waals surface area contributed by atoms with Crippen LogP contribution in [0.4, 0.5) is 5.69 Å². The summed E-state index contributed by atoms with van der Waals surface area (Å²) >= 11 is 9.70. The lowest BCUT2D eigenvalue weighted by Crippen LogP contribution is -2.32. The van der Waals surface area contributed by atoms with Crippen LogP contribution in [0, 0.1) is 0 Å². The predicted molar refractivity (Wildman–Crippen MR) is 133 cm³/mol. The molecule has 6 nitrogen and oxygen atoms in total. The van der Waals surface area contributed by atoms with Gasteiger partial charge in [0.25, 0.3) is 0 Å². The van der Waals surface area contributed by atoms with Crippen molar-refractivity contribution in [1.29, 1.82) is 0 Å². The van der Waals surface area contributed by atoms with E-state index in [4.69, 9.17) is 4.74 Å². The number of phenols is 1. The van der Waals surface area contributed by atoms with Gasteiger partial charge in [-0.2, -0.15) is 0 Å². The summed E-state index contributed by atoms with van der Waals surface area (Å²) in [6.45, 7) is 1.36. The lowest BCUT2D eigenvalue weighted by molar-refractivity contribution is -0.119. The normalized spacial score (nSPS) is 16.4. The zero-order chi connectivity index (χ0) is 21.8. The molecular weight excluding hydrogens is 566 g/mol. The Morgan fingerprint density at radius 1 is 1.39 bits per heavy atom. The molecule has 1 fully saturated rings. The molecule has 1 amide bonds.